The molecule has 0 aliphatic carbocycles. The standard InChI is InChI=1S/C13H14ClN3O2/c14-10-2-1-3-12(6-10)19-5-4-13(18)16-8-11-7-15-9-17-11/h1-3,6-7,9H,4-5,8H2,(H,15,17)(H,16,18). The molecule has 2 rings (SSSR count). The predicted molar refractivity (Wildman–Crippen MR) is 72.0 cm³/mol. The van der Waals surface area contributed by atoms with Gasteiger partial charge in [-0.25, -0.2) is 4.98 Å². The van der Waals surface area contributed by atoms with E-state index in [1.807, 2.05) is 0 Å². The number of hydrogen-bond donors (Lipinski definition) is 2. The molecule has 1 heterocycles. The third kappa shape index (κ3) is 4.63. The lowest BCUT2D eigenvalue weighted by atomic mass is 10.3. The highest BCUT2D eigenvalue weighted by molar-refractivity contribution is 6.30. The van der Waals surface area contributed by atoms with Crippen molar-refractivity contribution >= 4 is 17.5 Å². The van der Waals surface area contributed by atoms with Crippen molar-refractivity contribution in [3.05, 3.63) is 47.5 Å². The molecule has 5 nitrogen and oxygen atoms in total. The van der Waals surface area contributed by atoms with Crippen molar-refractivity contribution in [2.75, 3.05) is 6.61 Å². The molecule has 100 valence electrons. The fraction of sp³-hybridized carbons (Fsp3) is 0.231. The maximum atomic E-state index is 11.5. The van der Waals surface area contributed by atoms with Crippen molar-refractivity contribution in [3.63, 3.8) is 0 Å². The highest BCUT2D eigenvalue weighted by Crippen LogP contribution is 2.17. The van der Waals surface area contributed by atoms with Crippen molar-refractivity contribution in [2.45, 2.75) is 13.0 Å². The smallest absolute Gasteiger partial charge is 0.223 e. The lowest BCUT2D eigenvalue weighted by molar-refractivity contribution is -0.121. The van der Waals surface area contributed by atoms with Crippen molar-refractivity contribution < 1.29 is 9.53 Å². The first-order valence-corrected chi connectivity index (χ1v) is 6.24. The Morgan fingerprint density at radius 1 is 1.47 bits per heavy atom. The number of aromatic amines is 1. The van der Waals surface area contributed by atoms with E-state index in [9.17, 15) is 4.79 Å². The van der Waals surface area contributed by atoms with Crippen molar-refractivity contribution in [1.82, 2.24) is 15.3 Å². The topological polar surface area (TPSA) is 67.0 Å². The van der Waals surface area contributed by atoms with Gasteiger partial charge >= 0.3 is 0 Å². The van der Waals surface area contributed by atoms with E-state index in [0.29, 0.717) is 30.3 Å². The lowest BCUT2D eigenvalue weighted by Gasteiger charge is -2.06. The van der Waals surface area contributed by atoms with Crippen LogP contribution in [-0.4, -0.2) is 22.5 Å². The first-order chi connectivity index (χ1) is 9.24. The Kier molecular flexibility index (Phi) is 4.80. The van der Waals surface area contributed by atoms with E-state index in [2.05, 4.69) is 15.3 Å². The molecule has 0 bridgehead atoms. The van der Waals surface area contributed by atoms with Gasteiger partial charge in [-0.05, 0) is 18.2 Å². The number of imidazole rings is 1. The molecule has 0 unspecified atom stereocenters. The molecule has 19 heavy (non-hydrogen) atoms. The summed E-state index contributed by atoms with van der Waals surface area (Å²) in [5.74, 6) is 0.588. The Balaban J connectivity index is 1.66. The minimum atomic E-state index is -0.0726. The predicted octanol–water partition coefficient (Wildman–Crippen LogP) is 2.15. The van der Waals surface area contributed by atoms with Gasteiger partial charge < -0.3 is 15.0 Å². The third-order valence-corrected chi connectivity index (χ3v) is 2.66. The van der Waals surface area contributed by atoms with Gasteiger partial charge in [-0.3, -0.25) is 4.79 Å². The summed E-state index contributed by atoms with van der Waals surface area (Å²) in [6.45, 7) is 0.755. The summed E-state index contributed by atoms with van der Waals surface area (Å²) in [6.07, 6.45) is 3.53. The number of aromatic nitrogens is 2. The quantitative estimate of drug-likeness (QED) is 0.851. The Morgan fingerprint density at radius 2 is 2.37 bits per heavy atom. The highest BCUT2D eigenvalue weighted by atomic mass is 35.5. The van der Waals surface area contributed by atoms with Gasteiger partial charge in [0.2, 0.25) is 5.91 Å². The van der Waals surface area contributed by atoms with E-state index in [1.54, 1.807) is 36.8 Å². The number of hydrogen-bond acceptors (Lipinski definition) is 3. The molecule has 0 fully saturated rings. The highest BCUT2D eigenvalue weighted by Gasteiger charge is 2.03. The summed E-state index contributed by atoms with van der Waals surface area (Å²) in [6, 6.07) is 7.08. The zero-order valence-electron chi connectivity index (χ0n) is 10.2. The van der Waals surface area contributed by atoms with E-state index in [0.717, 1.165) is 5.69 Å². The van der Waals surface area contributed by atoms with Crippen molar-refractivity contribution in [3.8, 4) is 5.75 Å². The molecule has 2 N–H and O–H groups in total. The van der Waals surface area contributed by atoms with Gasteiger partial charge in [0.1, 0.15) is 5.75 Å². The summed E-state index contributed by atoms with van der Waals surface area (Å²) >= 11 is 5.82. The van der Waals surface area contributed by atoms with Gasteiger partial charge in [-0.2, -0.15) is 0 Å². The molecule has 2 aromatic rings. The van der Waals surface area contributed by atoms with Gasteiger partial charge in [-0.1, -0.05) is 17.7 Å². The average molecular weight is 280 g/mol. The first kappa shape index (κ1) is 13.4. The number of ether oxygens (including phenoxy) is 1. The van der Waals surface area contributed by atoms with Gasteiger partial charge in [0.05, 0.1) is 31.6 Å². The number of carbonyl (C=O) groups is 1. The molecule has 0 saturated heterocycles. The van der Waals surface area contributed by atoms with Crippen LogP contribution < -0.4 is 10.1 Å². The summed E-state index contributed by atoms with van der Waals surface area (Å²) in [4.78, 5) is 18.3. The molecule has 1 aromatic heterocycles. The van der Waals surface area contributed by atoms with Crippen LogP contribution >= 0.6 is 11.6 Å². The molecule has 0 radical (unpaired) electrons. The maximum Gasteiger partial charge on any atom is 0.223 e. The molecule has 0 aliphatic rings. The minimum Gasteiger partial charge on any atom is -0.493 e. The van der Waals surface area contributed by atoms with Crippen molar-refractivity contribution in [1.29, 1.82) is 0 Å². The number of nitrogens with one attached hydrogen (secondary N) is 2. The molecule has 1 amide bonds. The minimum absolute atomic E-state index is 0.0726. The Morgan fingerprint density at radius 3 is 3.11 bits per heavy atom. The second-order valence-corrected chi connectivity index (χ2v) is 4.35. The number of amides is 1. The first-order valence-electron chi connectivity index (χ1n) is 5.86. The largest absolute Gasteiger partial charge is 0.493 e. The third-order valence-electron chi connectivity index (χ3n) is 2.42. The fourth-order valence-electron chi connectivity index (χ4n) is 1.48. The number of carbonyl (C=O) groups excluding carboxylic acids is 1. The molecule has 0 atom stereocenters. The molecular weight excluding hydrogens is 266 g/mol. The summed E-state index contributed by atoms with van der Waals surface area (Å²) in [5.41, 5.74) is 0.865. The van der Waals surface area contributed by atoms with Crippen LogP contribution in [-0.2, 0) is 11.3 Å². The molecule has 0 aliphatic heterocycles. The summed E-state index contributed by atoms with van der Waals surface area (Å²) < 4.78 is 5.43. The number of rotatable bonds is 6. The Bertz CT molecular complexity index is 528. The fourth-order valence-corrected chi connectivity index (χ4v) is 1.66. The number of nitrogens with zero attached hydrogens (tertiary/aromatic N) is 1. The van der Waals surface area contributed by atoms with E-state index in [-0.39, 0.29) is 5.91 Å². The van der Waals surface area contributed by atoms with Crippen LogP contribution in [0.15, 0.2) is 36.8 Å². The van der Waals surface area contributed by atoms with Crippen LogP contribution in [0.4, 0.5) is 0 Å². The molecule has 1 aromatic carbocycles. The van der Waals surface area contributed by atoms with Crippen LogP contribution in [0.3, 0.4) is 0 Å². The number of benzene rings is 1. The van der Waals surface area contributed by atoms with Gasteiger partial charge in [0, 0.05) is 11.2 Å². The van der Waals surface area contributed by atoms with Crippen LogP contribution in [0.2, 0.25) is 5.02 Å². The van der Waals surface area contributed by atoms with E-state index >= 15 is 0 Å². The van der Waals surface area contributed by atoms with E-state index < -0.39 is 0 Å². The van der Waals surface area contributed by atoms with Crippen LogP contribution in [0.25, 0.3) is 0 Å². The SMILES string of the molecule is O=C(CCOc1cccc(Cl)c1)NCc1cnc[nH]1. The average Bonchev–Trinajstić information content (AvgIpc) is 2.89. The normalized spacial score (nSPS) is 10.2. The molecular formula is C13H14ClN3O2. The summed E-state index contributed by atoms with van der Waals surface area (Å²) in [5, 5.41) is 3.38. The van der Waals surface area contributed by atoms with Crippen molar-refractivity contribution in [2.24, 2.45) is 0 Å². The zero-order chi connectivity index (χ0) is 13.5. The van der Waals surface area contributed by atoms with Gasteiger partial charge in [0.15, 0.2) is 0 Å². The number of halogens is 1. The van der Waals surface area contributed by atoms with Crippen LogP contribution in [0, 0.1) is 0 Å². The van der Waals surface area contributed by atoms with Gasteiger partial charge in [0.25, 0.3) is 0 Å². The monoisotopic (exact) mass is 279 g/mol. The second-order valence-electron chi connectivity index (χ2n) is 3.91. The Labute approximate surface area is 116 Å². The van der Waals surface area contributed by atoms with Crippen LogP contribution in [0.5, 0.6) is 5.75 Å². The zero-order valence-corrected chi connectivity index (χ0v) is 11.0. The molecule has 0 spiro atoms. The number of H-pyrrole nitrogens is 1. The van der Waals surface area contributed by atoms with Gasteiger partial charge in [-0.15, -0.1) is 0 Å². The second kappa shape index (κ2) is 6.80. The Hall–Kier alpha value is -2.01. The van der Waals surface area contributed by atoms with E-state index in [4.69, 9.17) is 16.3 Å². The lowest BCUT2D eigenvalue weighted by Crippen LogP contribution is -2.24. The van der Waals surface area contributed by atoms with E-state index in [1.165, 1.54) is 0 Å². The molecule has 0 saturated carbocycles. The maximum absolute atomic E-state index is 11.5. The van der Waals surface area contributed by atoms with Crippen LogP contribution in [0.1, 0.15) is 12.1 Å². The summed E-state index contributed by atoms with van der Waals surface area (Å²) in [7, 11) is 0. The molecule has 6 heteroatoms.